The number of hydrogen-bond donors (Lipinski definition) is 2. The molecular formula is C13H26N2O. The van der Waals surface area contributed by atoms with Crippen molar-refractivity contribution in [1.82, 2.24) is 10.6 Å². The Bertz CT molecular complexity index is 214. The van der Waals surface area contributed by atoms with E-state index in [4.69, 9.17) is 4.74 Å². The number of nitrogens with one attached hydrogen (secondary N) is 2. The van der Waals surface area contributed by atoms with Crippen LogP contribution in [-0.4, -0.2) is 37.4 Å². The largest absolute Gasteiger partial charge is 0.377 e. The Kier molecular flexibility index (Phi) is 4.22. The van der Waals surface area contributed by atoms with Gasteiger partial charge in [0.2, 0.25) is 0 Å². The molecule has 2 aliphatic rings. The smallest absolute Gasteiger partial charge is 0.0726 e. The predicted molar refractivity (Wildman–Crippen MR) is 66.7 cm³/mol. The van der Waals surface area contributed by atoms with Gasteiger partial charge in [-0.3, -0.25) is 0 Å². The molecule has 94 valence electrons. The number of rotatable bonds is 3. The summed E-state index contributed by atoms with van der Waals surface area (Å²) in [5, 5.41) is 7.35. The van der Waals surface area contributed by atoms with Gasteiger partial charge in [-0.05, 0) is 39.7 Å². The zero-order valence-corrected chi connectivity index (χ0v) is 10.7. The molecule has 2 fully saturated rings. The lowest BCUT2D eigenvalue weighted by Gasteiger charge is -2.31. The summed E-state index contributed by atoms with van der Waals surface area (Å²) in [6.07, 6.45) is 6.91. The zero-order valence-electron chi connectivity index (χ0n) is 10.7. The van der Waals surface area contributed by atoms with Crippen molar-refractivity contribution in [3.8, 4) is 0 Å². The highest BCUT2D eigenvalue weighted by Crippen LogP contribution is 2.25. The zero-order chi connectivity index (χ0) is 11.4. The van der Waals surface area contributed by atoms with Crippen LogP contribution >= 0.6 is 0 Å². The van der Waals surface area contributed by atoms with E-state index in [-0.39, 0.29) is 5.54 Å². The molecule has 0 aromatic carbocycles. The molecule has 3 unspecified atom stereocenters. The van der Waals surface area contributed by atoms with Crippen molar-refractivity contribution in [3.63, 3.8) is 0 Å². The highest BCUT2D eigenvalue weighted by atomic mass is 16.5. The Labute approximate surface area is 99.3 Å². The van der Waals surface area contributed by atoms with Crippen LogP contribution in [-0.2, 0) is 4.74 Å². The Morgan fingerprint density at radius 2 is 2.25 bits per heavy atom. The van der Waals surface area contributed by atoms with Gasteiger partial charge in [0.25, 0.3) is 0 Å². The molecule has 0 radical (unpaired) electrons. The normalized spacial score (nSPS) is 40.9. The van der Waals surface area contributed by atoms with E-state index in [9.17, 15) is 0 Å². The van der Waals surface area contributed by atoms with Crippen LogP contribution in [0.1, 0.15) is 46.0 Å². The fourth-order valence-electron chi connectivity index (χ4n) is 2.70. The van der Waals surface area contributed by atoms with Gasteiger partial charge in [0.05, 0.1) is 6.10 Å². The minimum absolute atomic E-state index is 0.188. The highest BCUT2D eigenvalue weighted by molar-refractivity contribution is 4.94. The Balaban J connectivity index is 1.77. The molecule has 3 nitrogen and oxygen atoms in total. The van der Waals surface area contributed by atoms with Gasteiger partial charge in [0.1, 0.15) is 0 Å². The first-order valence-electron chi connectivity index (χ1n) is 6.81. The van der Waals surface area contributed by atoms with E-state index >= 15 is 0 Å². The van der Waals surface area contributed by atoms with Crippen LogP contribution in [0, 0.1) is 0 Å². The van der Waals surface area contributed by atoms with Gasteiger partial charge in [-0.1, -0.05) is 12.8 Å². The molecule has 0 spiro atoms. The van der Waals surface area contributed by atoms with E-state index in [1.54, 1.807) is 0 Å². The van der Waals surface area contributed by atoms with Crippen LogP contribution < -0.4 is 10.6 Å². The van der Waals surface area contributed by atoms with Crippen LogP contribution in [0.2, 0.25) is 0 Å². The summed E-state index contributed by atoms with van der Waals surface area (Å²) in [6.45, 7) is 7.66. The predicted octanol–water partition coefficient (Wildman–Crippen LogP) is 1.68. The summed E-state index contributed by atoms with van der Waals surface area (Å²) >= 11 is 0. The molecular weight excluding hydrogens is 200 g/mol. The maximum atomic E-state index is 5.65. The summed E-state index contributed by atoms with van der Waals surface area (Å²) < 4.78 is 5.65. The third-order valence-corrected chi connectivity index (χ3v) is 4.30. The quantitative estimate of drug-likeness (QED) is 0.768. The van der Waals surface area contributed by atoms with E-state index in [1.807, 2.05) is 0 Å². The monoisotopic (exact) mass is 226 g/mol. The maximum Gasteiger partial charge on any atom is 0.0726 e. The maximum absolute atomic E-state index is 5.65. The van der Waals surface area contributed by atoms with Crippen molar-refractivity contribution in [2.75, 3.05) is 19.7 Å². The Hall–Kier alpha value is -0.120. The number of ether oxygens (including phenoxy) is 1. The first-order valence-corrected chi connectivity index (χ1v) is 6.81. The van der Waals surface area contributed by atoms with Crippen LogP contribution in [0.4, 0.5) is 0 Å². The van der Waals surface area contributed by atoms with Gasteiger partial charge in [-0.2, -0.15) is 0 Å². The first-order chi connectivity index (χ1) is 7.71. The van der Waals surface area contributed by atoms with E-state index in [0.29, 0.717) is 12.1 Å². The fraction of sp³-hybridized carbons (Fsp3) is 1.00. The van der Waals surface area contributed by atoms with Crippen molar-refractivity contribution < 1.29 is 4.74 Å². The lowest BCUT2D eigenvalue weighted by Crippen LogP contribution is -2.52. The topological polar surface area (TPSA) is 33.3 Å². The molecule has 0 aliphatic carbocycles. The lowest BCUT2D eigenvalue weighted by atomic mass is 9.94. The van der Waals surface area contributed by atoms with Crippen LogP contribution in [0.25, 0.3) is 0 Å². The van der Waals surface area contributed by atoms with Crippen molar-refractivity contribution in [3.05, 3.63) is 0 Å². The van der Waals surface area contributed by atoms with Crippen molar-refractivity contribution >= 4 is 0 Å². The molecule has 0 aromatic heterocycles. The van der Waals surface area contributed by atoms with Gasteiger partial charge in [-0.25, -0.2) is 0 Å². The van der Waals surface area contributed by atoms with E-state index in [0.717, 1.165) is 19.6 Å². The van der Waals surface area contributed by atoms with Gasteiger partial charge in [-0.15, -0.1) is 0 Å². The molecule has 2 rings (SSSR count). The molecule has 3 heteroatoms. The summed E-state index contributed by atoms with van der Waals surface area (Å²) in [7, 11) is 0. The van der Waals surface area contributed by atoms with Gasteiger partial charge in [0, 0.05) is 24.7 Å². The molecule has 2 aliphatic heterocycles. The standard InChI is InChI=1S/C13H26N2O/c1-11-13(2,7-9-16-11)15-10-12-6-4-3-5-8-14-12/h11-12,14-15H,3-10H2,1-2H3. The molecule has 0 bridgehead atoms. The molecule has 2 saturated heterocycles. The molecule has 3 atom stereocenters. The van der Waals surface area contributed by atoms with E-state index in [1.165, 1.54) is 32.2 Å². The highest BCUT2D eigenvalue weighted by Gasteiger charge is 2.36. The SMILES string of the molecule is CC1OCCC1(C)NCC1CCCCCN1. The average Bonchev–Trinajstić information content (AvgIpc) is 2.52. The summed E-state index contributed by atoms with van der Waals surface area (Å²) in [6, 6.07) is 0.659. The van der Waals surface area contributed by atoms with Crippen LogP contribution in [0.15, 0.2) is 0 Å². The number of hydrogen-bond acceptors (Lipinski definition) is 3. The lowest BCUT2D eigenvalue weighted by molar-refractivity contribution is 0.0877. The molecule has 2 N–H and O–H groups in total. The average molecular weight is 226 g/mol. The van der Waals surface area contributed by atoms with Gasteiger partial charge in [0.15, 0.2) is 0 Å². The Morgan fingerprint density at radius 1 is 1.38 bits per heavy atom. The van der Waals surface area contributed by atoms with Gasteiger partial charge < -0.3 is 15.4 Å². The second kappa shape index (κ2) is 5.48. The third kappa shape index (κ3) is 2.96. The minimum Gasteiger partial charge on any atom is -0.377 e. The molecule has 0 amide bonds. The van der Waals surface area contributed by atoms with Crippen molar-refractivity contribution in [2.45, 2.75) is 63.6 Å². The van der Waals surface area contributed by atoms with Crippen LogP contribution in [0.5, 0.6) is 0 Å². The van der Waals surface area contributed by atoms with Crippen molar-refractivity contribution in [2.24, 2.45) is 0 Å². The third-order valence-electron chi connectivity index (χ3n) is 4.30. The van der Waals surface area contributed by atoms with Gasteiger partial charge >= 0.3 is 0 Å². The fourth-order valence-corrected chi connectivity index (χ4v) is 2.70. The van der Waals surface area contributed by atoms with E-state index in [2.05, 4.69) is 24.5 Å². The minimum atomic E-state index is 0.188. The van der Waals surface area contributed by atoms with Crippen LogP contribution in [0.3, 0.4) is 0 Å². The summed E-state index contributed by atoms with van der Waals surface area (Å²) in [4.78, 5) is 0. The summed E-state index contributed by atoms with van der Waals surface area (Å²) in [5.41, 5.74) is 0.188. The molecule has 2 heterocycles. The molecule has 0 aromatic rings. The second-order valence-corrected chi connectivity index (χ2v) is 5.56. The Morgan fingerprint density at radius 3 is 3.00 bits per heavy atom. The molecule has 16 heavy (non-hydrogen) atoms. The summed E-state index contributed by atoms with van der Waals surface area (Å²) in [5.74, 6) is 0. The van der Waals surface area contributed by atoms with Crippen molar-refractivity contribution in [1.29, 1.82) is 0 Å². The second-order valence-electron chi connectivity index (χ2n) is 5.56. The van der Waals surface area contributed by atoms with E-state index < -0.39 is 0 Å². The first kappa shape index (κ1) is 12.3. The molecule has 0 saturated carbocycles.